The molecule has 17 heteroatoms. The van der Waals surface area contributed by atoms with Crippen LogP contribution in [0.3, 0.4) is 0 Å². The third-order valence-electron chi connectivity index (χ3n) is 6.73. The number of alkyl halides is 2. The Kier molecular flexibility index (Phi) is 7.26. The molecule has 2 atom stereocenters. The number of H-pyrrole nitrogens is 1. The number of benzene rings is 1. The van der Waals surface area contributed by atoms with Crippen LogP contribution in [0.1, 0.15) is 12.1 Å². The van der Waals surface area contributed by atoms with Gasteiger partial charge in [-0.15, -0.1) is 0 Å². The van der Waals surface area contributed by atoms with Gasteiger partial charge in [0.1, 0.15) is 5.69 Å². The molecule has 2 aromatic rings. The van der Waals surface area contributed by atoms with Crippen LogP contribution in [0.2, 0.25) is 0 Å². The second kappa shape index (κ2) is 10.6. The molecule has 1 saturated carbocycles. The van der Waals surface area contributed by atoms with E-state index in [0.717, 1.165) is 17.0 Å². The van der Waals surface area contributed by atoms with Crippen molar-refractivity contribution < 1.29 is 36.7 Å². The van der Waals surface area contributed by atoms with Gasteiger partial charge in [0, 0.05) is 44.7 Å². The van der Waals surface area contributed by atoms with Crippen LogP contribution in [0.4, 0.5) is 33.7 Å². The van der Waals surface area contributed by atoms with Crippen LogP contribution in [0.5, 0.6) is 0 Å². The Morgan fingerprint density at radius 2 is 1.97 bits per heavy atom. The third-order valence-corrected chi connectivity index (χ3v) is 6.73. The van der Waals surface area contributed by atoms with Crippen molar-refractivity contribution in [1.82, 2.24) is 36.5 Å². The maximum absolute atomic E-state index is 15.2. The van der Waals surface area contributed by atoms with E-state index in [1.165, 1.54) is 16.1 Å². The smallest absolute Gasteiger partial charge is 0.415 e. The standard InChI is InChI=1S/C22H25F4N9O4/c23-14-5-13(34-11-22(39-21(34)38)7-16(22)30-20(37)19(25)26)6-15(24)18(14)33-2-1-29-35(4-3-33)17(36)10-27-8-12-9-28-32-31-12/h5-6,9,16,19,27,29H,1-4,7-8,10-11H2,(H,30,37)(H,28,31,32). The van der Waals surface area contributed by atoms with Crippen molar-refractivity contribution in [2.75, 3.05) is 49.1 Å². The highest BCUT2D eigenvalue weighted by Crippen LogP contribution is 2.46. The first kappa shape index (κ1) is 26.6. The number of amides is 3. The highest BCUT2D eigenvalue weighted by Gasteiger charge is 2.64. The lowest BCUT2D eigenvalue weighted by Crippen LogP contribution is -2.47. The molecule has 3 aliphatic rings. The molecule has 2 unspecified atom stereocenters. The van der Waals surface area contributed by atoms with Crippen LogP contribution in [-0.4, -0.2) is 95.7 Å². The van der Waals surface area contributed by atoms with Crippen molar-refractivity contribution in [3.8, 4) is 0 Å². The van der Waals surface area contributed by atoms with E-state index in [-0.39, 0.29) is 63.0 Å². The fourth-order valence-electron chi connectivity index (χ4n) is 4.66. The zero-order valence-electron chi connectivity index (χ0n) is 20.4. The highest BCUT2D eigenvalue weighted by molar-refractivity contribution is 5.92. The fraction of sp³-hybridized carbons (Fsp3) is 0.500. The summed E-state index contributed by atoms with van der Waals surface area (Å²) in [5.74, 6) is -3.60. The molecule has 0 radical (unpaired) electrons. The molecule has 3 heterocycles. The third kappa shape index (κ3) is 5.58. The number of nitrogens with one attached hydrogen (secondary N) is 4. The number of carbonyl (C=O) groups excluding carboxylic acids is 3. The van der Waals surface area contributed by atoms with Gasteiger partial charge in [0.2, 0.25) is 0 Å². The Bertz CT molecular complexity index is 1230. The van der Waals surface area contributed by atoms with E-state index in [2.05, 4.69) is 31.5 Å². The number of ether oxygens (including phenoxy) is 1. The summed E-state index contributed by atoms with van der Waals surface area (Å²) >= 11 is 0. The average molecular weight is 555 g/mol. The maximum atomic E-state index is 15.2. The molecule has 3 amide bonds. The molecule has 4 N–H and O–H groups in total. The fourth-order valence-corrected chi connectivity index (χ4v) is 4.66. The van der Waals surface area contributed by atoms with E-state index < -0.39 is 41.7 Å². The number of nitrogens with zero attached hydrogens (tertiary/aromatic N) is 5. The lowest BCUT2D eigenvalue weighted by Gasteiger charge is -2.25. The Morgan fingerprint density at radius 1 is 1.21 bits per heavy atom. The van der Waals surface area contributed by atoms with Crippen molar-refractivity contribution >= 4 is 29.3 Å². The van der Waals surface area contributed by atoms with E-state index in [1.807, 2.05) is 0 Å². The van der Waals surface area contributed by atoms with Crippen LogP contribution in [0.15, 0.2) is 18.3 Å². The van der Waals surface area contributed by atoms with Crippen molar-refractivity contribution in [3.05, 3.63) is 35.7 Å². The first-order chi connectivity index (χ1) is 18.7. The molecule has 1 aromatic heterocycles. The van der Waals surface area contributed by atoms with Gasteiger partial charge in [-0.3, -0.25) is 19.5 Å². The van der Waals surface area contributed by atoms with Gasteiger partial charge in [-0.05, 0) is 0 Å². The Hall–Kier alpha value is -3.99. The summed E-state index contributed by atoms with van der Waals surface area (Å²) in [4.78, 5) is 38.7. The van der Waals surface area contributed by atoms with E-state index >= 15 is 8.78 Å². The molecule has 1 spiro atoms. The van der Waals surface area contributed by atoms with E-state index in [1.54, 1.807) is 0 Å². The van der Waals surface area contributed by atoms with Crippen molar-refractivity contribution in [2.45, 2.75) is 31.0 Å². The SMILES string of the molecule is O=C(NC1CC12CN(c1cc(F)c(N3CCNN(C(=O)CNCc4cn[nH]n4)CC3)c(F)c1)C(=O)O2)C(F)F. The number of carbonyl (C=O) groups is 3. The molecule has 2 aliphatic heterocycles. The van der Waals surface area contributed by atoms with Gasteiger partial charge in [-0.2, -0.15) is 24.2 Å². The normalized spacial score (nSPS) is 22.8. The van der Waals surface area contributed by atoms with Gasteiger partial charge in [0.05, 0.1) is 43.3 Å². The molecule has 3 fully saturated rings. The van der Waals surface area contributed by atoms with Crippen LogP contribution < -0.4 is 25.9 Å². The second-order valence-corrected chi connectivity index (χ2v) is 9.35. The summed E-state index contributed by atoms with van der Waals surface area (Å²) < 4.78 is 60.7. The number of hydrogen-bond donors (Lipinski definition) is 4. The number of hydrogen-bond acceptors (Lipinski definition) is 9. The highest BCUT2D eigenvalue weighted by atomic mass is 19.3. The van der Waals surface area contributed by atoms with Gasteiger partial charge in [0.15, 0.2) is 17.2 Å². The number of anilines is 2. The van der Waals surface area contributed by atoms with Crippen molar-refractivity contribution in [1.29, 1.82) is 0 Å². The summed E-state index contributed by atoms with van der Waals surface area (Å²) in [6.07, 6.45) is -2.48. The topological polar surface area (TPSA) is 148 Å². The number of rotatable bonds is 8. The van der Waals surface area contributed by atoms with Gasteiger partial charge < -0.3 is 20.3 Å². The van der Waals surface area contributed by atoms with Crippen LogP contribution in [0, 0.1) is 11.6 Å². The van der Waals surface area contributed by atoms with Crippen LogP contribution in [-0.2, 0) is 20.9 Å². The first-order valence-electron chi connectivity index (χ1n) is 12.1. The average Bonchev–Trinajstić information content (AvgIpc) is 3.17. The Morgan fingerprint density at radius 3 is 2.67 bits per heavy atom. The lowest BCUT2D eigenvalue weighted by atomic mass is 10.2. The monoisotopic (exact) mass is 555 g/mol. The summed E-state index contributed by atoms with van der Waals surface area (Å²) in [6.45, 7) is 0.909. The number of aromatic nitrogens is 3. The van der Waals surface area contributed by atoms with Crippen LogP contribution in [0.25, 0.3) is 0 Å². The largest absolute Gasteiger partial charge is 0.438 e. The summed E-state index contributed by atoms with van der Waals surface area (Å²) in [6, 6.07) is 1.17. The molecular formula is C22H25F4N9O4. The molecule has 1 aliphatic carbocycles. The molecule has 1 aromatic carbocycles. The van der Waals surface area contributed by atoms with Crippen molar-refractivity contribution in [3.63, 3.8) is 0 Å². The van der Waals surface area contributed by atoms with Gasteiger partial charge in [-0.1, -0.05) is 0 Å². The molecule has 210 valence electrons. The first-order valence-corrected chi connectivity index (χ1v) is 12.1. The minimum Gasteiger partial charge on any atom is -0.438 e. The van der Waals surface area contributed by atoms with Gasteiger partial charge in [0.25, 0.3) is 11.8 Å². The quantitative estimate of drug-likeness (QED) is 0.327. The van der Waals surface area contributed by atoms with E-state index in [4.69, 9.17) is 4.74 Å². The van der Waals surface area contributed by atoms with Gasteiger partial charge in [-0.25, -0.2) is 19.0 Å². The molecule has 5 rings (SSSR count). The van der Waals surface area contributed by atoms with Gasteiger partial charge >= 0.3 is 12.5 Å². The number of halogens is 4. The second-order valence-electron chi connectivity index (χ2n) is 9.35. The predicted octanol–water partition coefficient (Wildman–Crippen LogP) is -0.125. The minimum absolute atomic E-state index is 0.0113. The predicted molar refractivity (Wildman–Crippen MR) is 125 cm³/mol. The minimum atomic E-state index is -3.21. The van der Waals surface area contributed by atoms with Crippen LogP contribution >= 0.6 is 0 Å². The molecular weight excluding hydrogens is 530 g/mol. The van der Waals surface area contributed by atoms with E-state index in [9.17, 15) is 23.2 Å². The van der Waals surface area contributed by atoms with E-state index in [0.29, 0.717) is 12.2 Å². The van der Waals surface area contributed by atoms with Crippen molar-refractivity contribution in [2.24, 2.45) is 0 Å². The zero-order chi connectivity index (χ0) is 27.7. The number of aromatic amines is 1. The molecule has 39 heavy (non-hydrogen) atoms. The maximum Gasteiger partial charge on any atom is 0.415 e. The Balaban J connectivity index is 1.19. The molecule has 13 nitrogen and oxygen atoms in total. The summed E-state index contributed by atoms with van der Waals surface area (Å²) in [5.41, 5.74) is 1.95. The number of hydrazine groups is 1. The Labute approximate surface area is 218 Å². The summed E-state index contributed by atoms with van der Waals surface area (Å²) in [5, 5.41) is 16.4. The molecule has 0 bridgehead atoms. The zero-order valence-corrected chi connectivity index (χ0v) is 20.4. The lowest BCUT2D eigenvalue weighted by molar-refractivity contribution is -0.133. The summed E-state index contributed by atoms with van der Waals surface area (Å²) in [7, 11) is 0. The molecule has 2 saturated heterocycles.